The SMILES string of the molecule is C=S(=O)(NC#N)c1ccc(CNC(=O)c2cn(-c3c(C)noc3C)c(C)c(-c3cccc(C(F)(F)F)c3)c2=O)cc1. The summed E-state index contributed by atoms with van der Waals surface area (Å²) >= 11 is 0. The summed E-state index contributed by atoms with van der Waals surface area (Å²) < 4.78 is 61.7. The van der Waals surface area contributed by atoms with E-state index in [0.717, 1.165) is 12.1 Å². The largest absolute Gasteiger partial charge is 0.416 e. The van der Waals surface area contributed by atoms with E-state index < -0.39 is 32.8 Å². The second kappa shape index (κ2) is 11.0. The summed E-state index contributed by atoms with van der Waals surface area (Å²) in [4.78, 5) is 27.2. The van der Waals surface area contributed by atoms with Crippen molar-refractivity contribution in [2.75, 3.05) is 0 Å². The van der Waals surface area contributed by atoms with Crippen LogP contribution in [0.1, 0.15) is 38.6 Å². The van der Waals surface area contributed by atoms with Gasteiger partial charge in [-0.2, -0.15) is 18.4 Å². The number of benzene rings is 2. The number of carbonyl (C=O) groups excluding carboxylic acids is 1. The van der Waals surface area contributed by atoms with Gasteiger partial charge in [0.25, 0.3) is 5.91 Å². The van der Waals surface area contributed by atoms with E-state index in [2.05, 4.69) is 21.1 Å². The van der Waals surface area contributed by atoms with Gasteiger partial charge in [0.15, 0.2) is 12.0 Å². The molecule has 0 spiro atoms. The molecule has 1 amide bonds. The minimum Gasteiger partial charge on any atom is -0.359 e. The molecule has 41 heavy (non-hydrogen) atoms. The minimum atomic E-state index is -4.64. The zero-order valence-electron chi connectivity index (χ0n) is 22.1. The van der Waals surface area contributed by atoms with Crippen molar-refractivity contribution in [3.05, 3.63) is 98.8 Å². The molecule has 0 aliphatic heterocycles. The first-order valence-corrected chi connectivity index (χ1v) is 13.7. The van der Waals surface area contributed by atoms with Crippen molar-refractivity contribution in [3.63, 3.8) is 0 Å². The fourth-order valence-corrected chi connectivity index (χ4v) is 5.19. The monoisotopic (exact) mass is 583 g/mol. The second-order valence-corrected chi connectivity index (χ2v) is 11.2. The fourth-order valence-electron chi connectivity index (χ4n) is 4.35. The summed E-state index contributed by atoms with van der Waals surface area (Å²) in [5.41, 5.74) is -0.308. The highest BCUT2D eigenvalue weighted by molar-refractivity contribution is 7.98. The van der Waals surface area contributed by atoms with Gasteiger partial charge in [-0.25, -0.2) is 8.93 Å². The van der Waals surface area contributed by atoms with Crippen LogP contribution in [0.4, 0.5) is 13.2 Å². The number of carbonyl (C=O) groups is 1. The van der Waals surface area contributed by atoms with E-state index in [9.17, 15) is 27.0 Å². The van der Waals surface area contributed by atoms with Crippen LogP contribution in [-0.2, 0) is 22.4 Å². The molecule has 4 aromatic rings. The highest BCUT2D eigenvalue weighted by Crippen LogP contribution is 2.33. The Labute approximate surface area is 233 Å². The van der Waals surface area contributed by atoms with Crippen molar-refractivity contribution in [3.8, 4) is 23.0 Å². The Balaban J connectivity index is 1.77. The zero-order chi connectivity index (χ0) is 30.1. The van der Waals surface area contributed by atoms with E-state index in [4.69, 9.17) is 9.78 Å². The number of aromatic nitrogens is 2. The molecule has 0 aliphatic rings. The van der Waals surface area contributed by atoms with Crippen LogP contribution in [-0.4, -0.2) is 25.7 Å². The first kappa shape index (κ1) is 29.2. The van der Waals surface area contributed by atoms with E-state index >= 15 is 0 Å². The second-order valence-electron chi connectivity index (χ2n) is 9.17. The van der Waals surface area contributed by atoms with Crippen molar-refractivity contribution in [2.45, 2.75) is 38.4 Å². The number of pyridine rings is 1. The molecule has 1 atom stereocenters. The molecule has 0 aliphatic carbocycles. The lowest BCUT2D eigenvalue weighted by atomic mass is 9.98. The fraction of sp³-hybridized carbons (Fsp3) is 0.179. The number of amides is 1. The average Bonchev–Trinajstić information content (AvgIpc) is 3.25. The molecule has 2 heterocycles. The van der Waals surface area contributed by atoms with Gasteiger partial charge in [-0.3, -0.25) is 9.59 Å². The number of rotatable bonds is 7. The molecule has 0 fully saturated rings. The van der Waals surface area contributed by atoms with Crippen LogP contribution in [0.2, 0.25) is 0 Å². The number of aryl methyl sites for hydroxylation is 2. The first-order valence-electron chi connectivity index (χ1n) is 12.0. The van der Waals surface area contributed by atoms with Crippen LogP contribution >= 0.6 is 0 Å². The van der Waals surface area contributed by atoms with Gasteiger partial charge in [0, 0.05) is 24.0 Å². The normalized spacial score (nSPS) is 12.8. The third-order valence-electron chi connectivity index (χ3n) is 6.38. The Hall–Kier alpha value is -4.83. The summed E-state index contributed by atoms with van der Waals surface area (Å²) in [6, 6.07) is 10.5. The maximum atomic E-state index is 13.6. The molecule has 0 saturated heterocycles. The Kier molecular flexibility index (Phi) is 7.81. The Morgan fingerprint density at radius 3 is 2.44 bits per heavy atom. The molecule has 2 aromatic heterocycles. The lowest BCUT2D eigenvalue weighted by Gasteiger charge is -2.18. The Morgan fingerprint density at radius 2 is 1.85 bits per heavy atom. The molecule has 13 heteroatoms. The topological polar surface area (TPSA) is 130 Å². The van der Waals surface area contributed by atoms with Gasteiger partial charge >= 0.3 is 6.18 Å². The predicted octanol–water partition coefficient (Wildman–Crippen LogP) is 4.43. The Morgan fingerprint density at radius 1 is 1.17 bits per heavy atom. The average molecular weight is 584 g/mol. The van der Waals surface area contributed by atoms with Gasteiger partial charge in [0.05, 0.1) is 20.2 Å². The van der Waals surface area contributed by atoms with Crippen LogP contribution < -0.4 is 15.5 Å². The zero-order valence-corrected chi connectivity index (χ0v) is 22.9. The molecule has 2 aromatic carbocycles. The molecule has 212 valence electrons. The summed E-state index contributed by atoms with van der Waals surface area (Å²) in [5, 5.41) is 15.3. The molecule has 0 radical (unpaired) electrons. The van der Waals surface area contributed by atoms with Crippen LogP contribution in [0.25, 0.3) is 16.8 Å². The Bertz CT molecular complexity index is 1830. The third-order valence-corrected chi connectivity index (χ3v) is 7.84. The molecule has 2 N–H and O–H groups in total. The first-order chi connectivity index (χ1) is 19.2. The van der Waals surface area contributed by atoms with Gasteiger partial charge < -0.3 is 14.4 Å². The van der Waals surface area contributed by atoms with Crippen LogP contribution in [0.15, 0.2) is 68.9 Å². The maximum Gasteiger partial charge on any atom is 0.416 e. The molecular weight excluding hydrogens is 559 g/mol. The summed E-state index contributed by atoms with van der Waals surface area (Å²) in [5.74, 6) is 3.11. The summed E-state index contributed by atoms with van der Waals surface area (Å²) in [6.45, 7) is 4.83. The number of nitriles is 1. The van der Waals surface area contributed by atoms with E-state index in [1.807, 2.05) is 0 Å². The molecule has 1 unspecified atom stereocenters. The number of nitrogens with one attached hydrogen (secondary N) is 2. The quantitative estimate of drug-likeness (QED) is 0.188. The number of hydrogen-bond donors (Lipinski definition) is 2. The van der Waals surface area contributed by atoms with E-state index in [0.29, 0.717) is 28.4 Å². The molecule has 0 saturated carbocycles. The highest BCUT2D eigenvalue weighted by Gasteiger charge is 2.31. The predicted molar refractivity (Wildman–Crippen MR) is 147 cm³/mol. The lowest BCUT2D eigenvalue weighted by Crippen LogP contribution is -2.31. The van der Waals surface area contributed by atoms with Crippen LogP contribution in [0.3, 0.4) is 0 Å². The van der Waals surface area contributed by atoms with E-state index in [1.165, 1.54) is 35.0 Å². The van der Waals surface area contributed by atoms with Gasteiger partial charge in [0.2, 0.25) is 5.43 Å². The summed E-state index contributed by atoms with van der Waals surface area (Å²) in [7, 11) is -3.01. The van der Waals surface area contributed by atoms with Gasteiger partial charge in [-0.05, 0) is 62.0 Å². The number of alkyl halides is 3. The van der Waals surface area contributed by atoms with E-state index in [-0.39, 0.29) is 28.1 Å². The lowest BCUT2D eigenvalue weighted by molar-refractivity contribution is -0.137. The van der Waals surface area contributed by atoms with E-state index in [1.54, 1.807) is 39.1 Å². The van der Waals surface area contributed by atoms with Crippen molar-refractivity contribution >= 4 is 21.5 Å². The van der Waals surface area contributed by atoms with Crippen LogP contribution in [0, 0.1) is 32.2 Å². The number of hydrogen-bond acceptors (Lipinski definition) is 6. The van der Waals surface area contributed by atoms with Crippen molar-refractivity contribution in [2.24, 2.45) is 0 Å². The highest BCUT2D eigenvalue weighted by atomic mass is 32.2. The smallest absolute Gasteiger partial charge is 0.359 e. The third kappa shape index (κ3) is 5.87. The van der Waals surface area contributed by atoms with Gasteiger partial charge in [-0.1, -0.05) is 29.4 Å². The molecular formula is C28H24F3N5O4S. The minimum absolute atomic E-state index is 0.00387. The molecule has 4 rings (SSSR count). The van der Waals surface area contributed by atoms with Gasteiger partial charge in [-0.15, -0.1) is 0 Å². The van der Waals surface area contributed by atoms with Crippen molar-refractivity contribution in [1.29, 1.82) is 5.26 Å². The molecule has 9 nitrogen and oxygen atoms in total. The van der Waals surface area contributed by atoms with Crippen LogP contribution in [0.5, 0.6) is 0 Å². The van der Waals surface area contributed by atoms with Crippen molar-refractivity contribution < 1.29 is 26.7 Å². The standard InChI is InChI=1S/C28H24F3N5O4S/c1-16-25(18(3)40-35-16)36-14-23(26(37)24(17(36)2)20-6-5-7-21(12-20)28(29,30)31)27(38)33-13-19-8-10-22(11-9-19)41(4,39)34-15-32/h5-12,14H,4,13H2,1-3H3,(H,33,38)(H,34,39). The molecule has 0 bridgehead atoms. The van der Waals surface area contributed by atoms with Gasteiger partial charge in [0.1, 0.15) is 16.9 Å². The maximum absolute atomic E-state index is 13.6. The van der Waals surface area contributed by atoms with Crippen molar-refractivity contribution in [1.82, 2.24) is 19.8 Å². The summed E-state index contributed by atoms with van der Waals surface area (Å²) in [6.07, 6.45) is -1.73. The number of nitrogens with zero attached hydrogens (tertiary/aromatic N) is 3. The number of halogens is 3.